The molecule has 0 bridgehead atoms. The smallest absolute Gasteiger partial charge is 0.342 e. The normalized spacial score (nSPS) is 33.9. The molecule has 0 amide bonds. The van der Waals surface area contributed by atoms with Gasteiger partial charge in [-0.1, -0.05) is 6.58 Å². The van der Waals surface area contributed by atoms with Crippen molar-refractivity contribution in [2.75, 3.05) is 7.11 Å². The summed E-state index contributed by atoms with van der Waals surface area (Å²) in [4.78, 5) is 62.2. The van der Waals surface area contributed by atoms with Crippen LogP contribution >= 0.6 is 0 Å². The van der Waals surface area contributed by atoms with E-state index >= 15 is 0 Å². The molecule has 1 N–H and O–H groups in total. The Morgan fingerprint density at radius 2 is 1.76 bits per heavy atom. The highest BCUT2D eigenvalue weighted by Crippen LogP contribution is 2.41. The summed E-state index contributed by atoms with van der Waals surface area (Å²) in [5.41, 5.74) is -2.02. The third kappa shape index (κ3) is 5.75. The van der Waals surface area contributed by atoms with Crippen LogP contribution in [0.5, 0.6) is 0 Å². The zero-order valence-corrected chi connectivity index (χ0v) is 21.3. The summed E-state index contributed by atoms with van der Waals surface area (Å²) in [7, 11) is 1.11. The van der Waals surface area contributed by atoms with E-state index in [9.17, 15) is 29.1 Å². The van der Waals surface area contributed by atoms with Crippen molar-refractivity contribution in [3.63, 3.8) is 0 Å². The number of epoxide rings is 1. The first kappa shape index (κ1) is 28.1. The topological polar surface area (TPSA) is 164 Å². The third-order valence-electron chi connectivity index (χ3n) is 6.47. The average molecular weight is 523 g/mol. The van der Waals surface area contributed by atoms with Crippen molar-refractivity contribution in [1.29, 1.82) is 0 Å². The van der Waals surface area contributed by atoms with Gasteiger partial charge in [-0.2, -0.15) is 0 Å². The van der Waals surface area contributed by atoms with Gasteiger partial charge in [-0.25, -0.2) is 14.4 Å². The highest BCUT2D eigenvalue weighted by molar-refractivity contribution is 5.93. The first-order chi connectivity index (χ1) is 17.2. The number of aliphatic hydroxyl groups is 1. The molecule has 37 heavy (non-hydrogen) atoms. The summed E-state index contributed by atoms with van der Waals surface area (Å²) in [6.45, 7) is 10.0. The molecule has 2 fully saturated rings. The number of fused-ring (bicyclic) bond motifs is 2. The van der Waals surface area contributed by atoms with Crippen molar-refractivity contribution in [1.82, 2.24) is 0 Å². The molecule has 2 saturated heterocycles. The number of carbonyl (C=O) groups excluding carboxylic acids is 5. The van der Waals surface area contributed by atoms with E-state index in [0.717, 1.165) is 27.9 Å². The molecule has 0 saturated carbocycles. The summed E-state index contributed by atoms with van der Waals surface area (Å²) in [5, 5.41) is 10.9. The molecule has 0 aromatic heterocycles. The van der Waals surface area contributed by atoms with Crippen molar-refractivity contribution in [3.8, 4) is 0 Å². The minimum Gasteiger partial charge on any atom is -0.466 e. The average Bonchev–Trinajstić information content (AvgIpc) is 3.52. The first-order valence-electron chi connectivity index (χ1n) is 11.5. The summed E-state index contributed by atoms with van der Waals surface area (Å²) < 4.78 is 32.1. The molecule has 3 rings (SSSR count). The molecule has 2 aliphatic heterocycles. The molecule has 8 atom stereocenters. The quantitative estimate of drug-likeness (QED) is 0.169. The fourth-order valence-electron chi connectivity index (χ4n) is 4.26. The van der Waals surface area contributed by atoms with E-state index in [0.29, 0.717) is 5.57 Å². The first-order valence-corrected chi connectivity index (χ1v) is 11.5. The van der Waals surface area contributed by atoms with Crippen LogP contribution in [0.15, 0.2) is 35.5 Å². The number of rotatable bonds is 6. The van der Waals surface area contributed by atoms with Gasteiger partial charge < -0.3 is 33.5 Å². The van der Waals surface area contributed by atoms with Gasteiger partial charge in [0.15, 0.2) is 17.8 Å². The minimum absolute atomic E-state index is 0.116. The van der Waals surface area contributed by atoms with Crippen LogP contribution in [0.4, 0.5) is 0 Å². The Kier molecular flexibility index (Phi) is 7.94. The second-order valence-electron chi connectivity index (χ2n) is 9.27. The predicted molar refractivity (Wildman–Crippen MR) is 122 cm³/mol. The van der Waals surface area contributed by atoms with Gasteiger partial charge in [0.1, 0.15) is 24.4 Å². The van der Waals surface area contributed by atoms with Crippen LogP contribution in [0.25, 0.3) is 0 Å². The van der Waals surface area contributed by atoms with Gasteiger partial charge in [0.25, 0.3) is 0 Å². The molecular formula is C25H30O12. The van der Waals surface area contributed by atoms with Crippen molar-refractivity contribution in [2.45, 2.75) is 76.8 Å². The lowest BCUT2D eigenvalue weighted by Crippen LogP contribution is -2.53. The highest BCUT2D eigenvalue weighted by atomic mass is 16.6. The Hall–Kier alpha value is -3.51. The van der Waals surface area contributed by atoms with Crippen LogP contribution in [0.2, 0.25) is 0 Å². The molecule has 0 aromatic carbocycles. The number of ether oxygens (including phenoxy) is 6. The Morgan fingerprint density at radius 1 is 1.11 bits per heavy atom. The van der Waals surface area contributed by atoms with Crippen molar-refractivity contribution < 1.29 is 57.5 Å². The fraction of sp³-hybridized carbons (Fsp3) is 0.560. The van der Waals surface area contributed by atoms with E-state index in [4.69, 9.17) is 28.4 Å². The van der Waals surface area contributed by atoms with Crippen LogP contribution in [0.1, 0.15) is 34.6 Å². The number of hydrogen-bond donors (Lipinski definition) is 1. The lowest BCUT2D eigenvalue weighted by atomic mass is 9.83. The fourth-order valence-corrected chi connectivity index (χ4v) is 4.26. The van der Waals surface area contributed by atoms with Gasteiger partial charge >= 0.3 is 29.8 Å². The zero-order valence-electron chi connectivity index (χ0n) is 21.3. The SMILES string of the molecule is C=C1C(=O)O[C@@H]2/C=C(\C)[C@@H]3O[C@@H]3/C=C(/C(=O)OC)[C@H](OC(C)=O)[C@@H](OC(=O)[C@](C)(O)[C@H](C)OC(C)=O)[C@H]12. The van der Waals surface area contributed by atoms with Crippen molar-refractivity contribution in [2.24, 2.45) is 5.92 Å². The Balaban J connectivity index is 2.16. The van der Waals surface area contributed by atoms with Crippen LogP contribution in [0.3, 0.4) is 0 Å². The largest absolute Gasteiger partial charge is 0.466 e. The van der Waals surface area contributed by atoms with E-state index in [-0.39, 0.29) is 11.1 Å². The van der Waals surface area contributed by atoms with Gasteiger partial charge in [0, 0.05) is 19.4 Å². The minimum atomic E-state index is -2.37. The van der Waals surface area contributed by atoms with Gasteiger partial charge in [-0.3, -0.25) is 9.59 Å². The summed E-state index contributed by atoms with van der Waals surface area (Å²) in [6, 6.07) is 0. The van der Waals surface area contributed by atoms with E-state index in [1.165, 1.54) is 13.0 Å². The van der Waals surface area contributed by atoms with E-state index < -0.39 is 78.0 Å². The molecule has 0 spiro atoms. The standard InChI is InChI=1S/C25H30O12/c1-10-8-16-18(11(2)22(28)36-16)21(37-24(30)25(6,31)12(3)33-13(4)26)20(34-14(5)27)15(23(29)32-7)9-17-19(10)35-17/h8-9,12,16-21,31H,2H2,1,3-7H3/b10-8+,15-9+/t12-,16+,17+,18+,19-,20-,21-,25+/m0/s1. The van der Waals surface area contributed by atoms with Crippen LogP contribution in [-0.2, 0) is 52.4 Å². The van der Waals surface area contributed by atoms with Gasteiger partial charge in [-0.05, 0) is 38.5 Å². The van der Waals surface area contributed by atoms with Gasteiger partial charge in [-0.15, -0.1) is 0 Å². The lowest BCUT2D eigenvalue weighted by Gasteiger charge is -2.36. The van der Waals surface area contributed by atoms with Crippen LogP contribution in [-0.4, -0.2) is 84.3 Å². The number of methoxy groups -OCH3 is 1. The zero-order chi connectivity index (χ0) is 27.8. The molecular weight excluding hydrogens is 492 g/mol. The second kappa shape index (κ2) is 10.5. The molecule has 0 radical (unpaired) electrons. The number of carbonyl (C=O) groups is 5. The Morgan fingerprint density at radius 3 is 2.32 bits per heavy atom. The van der Waals surface area contributed by atoms with E-state index in [1.807, 2.05) is 0 Å². The van der Waals surface area contributed by atoms with Crippen molar-refractivity contribution >= 4 is 29.8 Å². The second-order valence-corrected chi connectivity index (χ2v) is 9.27. The Bertz CT molecular complexity index is 1080. The molecule has 0 unspecified atom stereocenters. The molecule has 3 aliphatic rings. The maximum Gasteiger partial charge on any atom is 0.342 e. The Labute approximate surface area is 213 Å². The molecule has 0 aromatic rings. The monoisotopic (exact) mass is 522 g/mol. The molecule has 2 heterocycles. The van der Waals surface area contributed by atoms with E-state index in [1.54, 1.807) is 13.0 Å². The maximum absolute atomic E-state index is 13.3. The molecule has 12 nitrogen and oxygen atoms in total. The summed E-state index contributed by atoms with van der Waals surface area (Å²) in [5.74, 6) is -5.72. The van der Waals surface area contributed by atoms with Crippen LogP contribution in [0, 0.1) is 5.92 Å². The van der Waals surface area contributed by atoms with Crippen LogP contribution < -0.4 is 0 Å². The molecule has 12 heteroatoms. The lowest BCUT2D eigenvalue weighted by molar-refractivity contribution is -0.196. The predicted octanol–water partition coefficient (Wildman–Crippen LogP) is 0.457. The number of hydrogen-bond acceptors (Lipinski definition) is 12. The van der Waals surface area contributed by atoms with Gasteiger partial charge in [0.05, 0.1) is 18.6 Å². The highest BCUT2D eigenvalue weighted by Gasteiger charge is 2.54. The molecule has 202 valence electrons. The summed E-state index contributed by atoms with van der Waals surface area (Å²) >= 11 is 0. The summed E-state index contributed by atoms with van der Waals surface area (Å²) in [6.07, 6.45) is -3.61. The van der Waals surface area contributed by atoms with Crippen molar-refractivity contribution in [3.05, 3.63) is 35.5 Å². The molecule has 1 aliphatic carbocycles. The van der Waals surface area contributed by atoms with E-state index in [2.05, 4.69) is 6.58 Å². The maximum atomic E-state index is 13.3. The van der Waals surface area contributed by atoms with Gasteiger partial charge in [0.2, 0.25) is 0 Å². The number of esters is 5. The third-order valence-corrected chi connectivity index (χ3v) is 6.47.